The summed E-state index contributed by atoms with van der Waals surface area (Å²) in [5, 5.41) is 0.780. The summed E-state index contributed by atoms with van der Waals surface area (Å²) in [6, 6.07) is 7.03. The van der Waals surface area contributed by atoms with Crippen LogP contribution in [0.3, 0.4) is 0 Å². The highest BCUT2D eigenvalue weighted by Crippen LogP contribution is 2.26. The number of furan rings is 1. The summed E-state index contributed by atoms with van der Waals surface area (Å²) in [6.07, 6.45) is 2.68. The third kappa shape index (κ3) is 1.40. The van der Waals surface area contributed by atoms with Crippen LogP contribution in [0, 0.1) is 0 Å². The first-order valence-corrected chi connectivity index (χ1v) is 4.12. The summed E-state index contributed by atoms with van der Waals surface area (Å²) in [7, 11) is 0. The van der Waals surface area contributed by atoms with E-state index in [0.29, 0.717) is 11.3 Å². The Morgan fingerprint density at radius 1 is 1.43 bits per heavy atom. The maximum Gasteiger partial charge on any atom is 0.335 e. The van der Waals surface area contributed by atoms with E-state index in [1.807, 2.05) is 0 Å². The van der Waals surface area contributed by atoms with Gasteiger partial charge >= 0.3 is 5.97 Å². The van der Waals surface area contributed by atoms with Crippen LogP contribution in [0.5, 0.6) is 5.75 Å². The van der Waals surface area contributed by atoms with E-state index in [2.05, 4.69) is 6.58 Å². The minimum Gasteiger partial charge on any atom is -0.464 e. The average molecular weight is 188 g/mol. The molecule has 0 amide bonds. The van der Waals surface area contributed by atoms with Crippen LogP contribution >= 0.6 is 0 Å². The van der Waals surface area contributed by atoms with Crippen molar-refractivity contribution in [3.05, 3.63) is 43.2 Å². The molecule has 70 valence electrons. The van der Waals surface area contributed by atoms with Gasteiger partial charge in [0, 0.05) is 6.08 Å². The summed E-state index contributed by atoms with van der Waals surface area (Å²) in [5.41, 5.74) is 0.694. The van der Waals surface area contributed by atoms with Gasteiger partial charge in [-0.05, 0) is 18.2 Å². The highest BCUT2D eigenvalue weighted by Gasteiger charge is 2.06. The minimum atomic E-state index is -0.473. The zero-order chi connectivity index (χ0) is 9.97. The van der Waals surface area contributed by atoms with Gasteiger partial charge in [-0.3, -0.25) is 0 Å². The average Bonchev–Trinajstić information content (AvgIpc) is 2.66. The molecule has 0 radical (unpaired) electrons. The van der Waals surface area contributed by atoms with Crippen LogP contribution in [0.15, 0.2) is 47.6 Å². The van der Waals surface area contributed by atoms with Crippen LogP contribution < -0.4 is 4.74 Å². The van der Waals surface area contributed by atoms with Crippen molar-refractivity contribution in [1.29, 1.82) is 0 Å². The van der Waals surface area contributed by atoms with E-state index >= 15 is 0 Å². The van der Waals surface area contributed by atoms with Crippen molar-refractivity contribution in [2.24, 2.45) is 0 Å². The molecular weight excluding hydrogens is 180 g/mol. The van der Waals surface area contributed by atoms with Crippen LogP contribution in [0.25, 0.3) is 11.0 Å². The third-order valence-corrected chi connectivity index (χ3v) is 1.83. The van der Waals surface area contributed by atoms with Crippen LogP contribution in [0.2, 0.25) is 0 Å². The molecule has 0 atom stereocenters. The van der Waals surface area contributed by atoms with Crippen molar-refractivity contribution in [2.75, 3.05) is 0 Å². The molecule has 0 N–H and O–H groups in total. The van der Waals surface area contributed by atoms with Crippen molar-refractivity contribution in [3.8, 4) is 5.75 Å². The molecule has 0 bridgehead atoms. The fourth-order valence-electron chi connectivity index (χ4n) is 1.21. The quantitative estimate of drug-likeness (QED) is 0.413. The number of hydrogen-bond donors (Lipinski definition) is 0. The molecule has 0 fully saturated rings. The lowest BCUT2D eigenvalue weighted by Gasteiger charge is -2.01. The summed E-state index contributed by atoms with van der Waals surface area (Å²) < 4.78 is 10.2. The van der Waals surface area contributed by atoms with E-state index in [1.54, 1.807) is 30.5 Å². The molecule has 14 heavy (non-hydrogen) atoms. The molecule has 1 aromatic carbocycles. The Labute approximate surface area is 80.6 Å². The molecule has 1 heterocycles. The largest absolute Gasteiger partial charge is 0.464 e. The van der Waals surface area contributed by atoms with Gasteiger partial charge in [0.25, 0.3) is 0 Å². The molecule has 0 unspecified atom stereocenters. The smallest absolute Gasteiger partial charge is 0.335 e. The van der Waals surface area contributed by atoms with E-state index in [9.17, 15) is 4.79 Å². The van der Waals surface area contributed by atoms with E-state index in [1.165, 1.54) is 0 Å². The lowest BCUT2D eigenvalue weighted by molar-refractivity contribution is -0.128. The second-order valence-corrected chi connectivity index (χ2v) is 2.71. The molecule has 2 rings (SSSR count). The Bertz CT molecular complexity index is 482. The Morgan fingerprint density at radius 3 is 3.07 bits per heavy atom. The number of fused-ring (bicyclic) bond motifs is 1. The van der Waals surface area contributed by atoms with Crippen LogP contribution in [0.1, 0.15) is 0 Å². The van der Waals surface area contributed by atoms with Gasteiger partial charge in [0.15, 0.2) is 0 Å². The third-order valence-electron chi connectivity index (χ3n) is 1.83. The maximum absolute atomic E-state index is 11.0. The Hall–Kier alpha value is -2.03. The summed E-state index contributed by atoms with van der Waals surface area (Å²) in [6.45, 7) is 3.33. The lowest BCUT2D eigenvalue weighted by atomic mass is 10.2. The van der Waals surface area contributed by atoms with Crippen molar-refractivity contribution in [3.63, 3.8) is 0 Å². The van der Waals surface area contributed by atoms with Gasteiger partial charge in [0.2, 0.25) is 0 Å². The van der Waals surface area contributed by atoms with Gasteiger partial charge in [0.1, 0.15) is 11.3 Å². The predicted molar refractivity (Wildman–Crippen MR) is 52.0 cm³/mol. The Morgan fingerprint density at radius 2 is 2.29 bits per heavy atom. The second-order valence-electron chi connectivity index (χ2n) is 2.71. The molecular formula is C11H8O3. The summed E-state index contributed by atoms with van der Waals surface area (Å²) >= 11 is 0. The molecule has 3 nitrogen and oxygen atoms in total. The first-order valence-electron chi connectivity index (χ1n) is 4.12. The molecule has 0 aliphatic heterocycles. The second kappa shape index (κ2) is 3.38. The highest BCUT2D eigenvalue weighted by molar-refractivity contribution is 5.89. The fraction of sp³-hybridized carbons (Fsp3) is 0. The van der Waals surface area contributed by atoms with Gasteiger partial charge in [0.05, 0.1) is 11.6 Å². The van der Waals surface area contributed by atoms with Crippen molar-refractivity contribution in [1.82, 2.24) is 0 Å². The number of hydrogen-bond acceptors (Lipinski definition) is 3. The van der Waals surface area contributed by atoms with Crippen molar-refractivity contribution < 1.29 is 13.9 Å². The van der Waals surface area contributed by atoms with Gasteiger partial charge in [-0.2, -0.15) is 0 Å². The first-order chi connectivity index (χ1) is 6.81. The van der Waals surface area contributed by atoms with Crippen LogP contribution in [-0.4, -0.2) is 5.97 Å². The Balaban J connectivity index is 2.46. The minimum absolute atomic E-state index is 0.473. The molecule has 2 aromatic rings. The molecule has 0 aliphatic rings. The molecule has 0 saturated carbocycles. The monoisotopic (exact) mass is 188 g/mol. The first kappa shape index (κ1) is 8.56. The van der Waals surface area contributed by atoms with E-state index < -0.39 is 5.97 Å². The number of esters is 1. The van der Waals surface area contributed by atoms with E-state index in [0.717, 1.165) is 11.5 Å². The Kier molecular flexibility index (Phi) is 2.07. The standard InChI is InChI=1S/C11H8O3/c1-2-11(12)14-10-5-3-4-9-8(10)6-7-13-9/h2-7H,1H2. The van der Waals surface area contributed by atoms with Gasteiger partial charge in [-0.1, -0.05) is 12.6 Å². The predicted octanol–water partition coefficient (Wildman–Crippen LogP) is 2.52. The van der Waals surface area contributed by atoms with Crippen molar-refractivity contribution in [2.45, 2.75) is 0 Å². The van der Waals surface area contributed by atoms with Gasteiger partial charge < -0.3 is 9.15 Å². The molecule has 3 heteroatoms. The van der Waals surface area contributed by atoms with Gasteiger partial charge in [-0.15, -0.1) is 0 Å². The number of benzene rings is 1. The zero-order valence-corrected chi connectivity index (χ0v) is 7.40. The van der Waals surface area contributed by atoms with Gasteiger partial charge in [-0.25, -0.2) is 4.79 Å². The molecule has 1 aromatic heterocycles. The van der Waals surface area contributed by atoms with E-state index in [-0.39, 0.29) is 0 Å². The molecule has 0 spiro atoms. The zero-order valence-electron chi connectivity index (χ0n) is 7.40. The number of carbonyl (C=O) groups is 1. The van der Waals surface area contributed by atoms with Crippen LogP contribution in [0.4, 0.5) is 0 Å². The fourth-order valence-corrected chi connectivity index (χ4v) is 1.21. The SMILES string of the molecule is C=CC(=O)Oc1cccc2occc12. The summed E-state index contributed by atoms with van der Waals surface area (Å²) in [4.78, 5) is 11.0. The van der Waals surface area contributed by atoms with Crippen LogP contribution in [-0.2, 0) is 4.79 Å². The maximum atomic E-state index is 11.0. The lowest BCUT2D eigenvalue weighted by Crippen LogP contribution is -2.02. The highest BCUT2D eigenvalue weighted by atomic mass is 16.5. The number of carbonyl (C=O) groups excluding carboxylic acids is 1. The topological polar surface area (TPSA) is 39.4 Å². The molecule has 0 saturated heterocycles. The number of rotatable bonds is 2. The molecule has 0 aliphatic carbocycles. The van der Waals surface area contributed by atoms with Crippen molar-refractivity contribution >= 4 is 16.9 Å². The summed E-state index contributed by atoms with van der Waals surface area (Å²) in [5.74, 6) is 0.0138. The normalized spacial score (nSPS) is 10.0. The van der Waals surface area contributed by atoms with E-state index in [4.69, 9.17) is 9.15 Å². The number of ether oxygens (including phenoxy) is 1.